The number of amides is 1. The second kappa shape index (κ2) is 11.5. The van der Waals surface area contributed by atoms with Crippen molar-refractivity contribution in [1.29, 1.82) is 0 Å². The summed E-state index contributed by atoms with van der Waals surface area (Å²) in [6.45, 7) is 6.17. The number of anilines is 1. The molecule has 4 aromatic rings. The molecule has 0 spiro atoms. The summed E-state index contributed by atoms with van der Waals surface area (Å²) in [4.78, 5) is 39.3. The van der Waals surface area contributed by atoms with E-state index in [9.17, 15) is 14.4 Å². The first-order chi connectivity index (χ1) is 19.4. The largest absolute Gasteiger partial charge is 0.490 e. The smallest absolute Gasteiger partial charge is 0.338 e. The molecule has 40 heavy (non-hydrogen) atoms. The van der Waals surface area contributed by atoms with E-state index in [2.05, 4.69) is 12.2 Å². The molecule has 1 N–H and O–H groups in total. The summed E-state index contributed by atoms with van der Waals surface area (Å²) in [7, 11) is 0. The maximum atomic E-state index is 13.8. The van der Waals surface area contributed by atoms with E-state index in [0.717, 1.165) is 17.5 Å². The van der Waals surface area contributed by atoms with Crippen molar-refractivity contribution < 1.29 is 23.8 Å². The van der Waals surface area contributed by atoms with Gasteiger partial charge in [-0.25, -0.2) is 14.2 Å². The van der Waals surface area contributed by atoms with Gasteiger partial charge >= 0.3 is 5.97 Å². The van der Waals surface area contributed by atoms with Crippen molar-refractivity contribution in [3.05, 3.63) is 99.3 Å². The van der Waals surface area contributed by atoms with E-state index in [-0.39, 0.29) is 18.7 Å². The van der Waals surface area contributed by atoms with Crippen molar-refractivity contribution in [2.75, 3.05) is 18.5 Å². The zero-order chi connectivity index (χ0) is 28.2. The number of esters is 1. The molecule has 1 aliphatic rings. The molecule has 0 fully saturated rings. The highest BCUT2D eigenvalue weighted by atomic mass is 16.5. The van der Waals surface area contributed by atoms with Crippen LogP contribution in [-0.2, 0) is 28.9 Å². The van der Waals surface area contributed by atoms with Gasteiger partial charge in [-0.05, 0) is 62.2 Å². The van der Waals surface area contributed by atoms with Gasteiger partial charge in [-0.3, -0.25) is 9.59 Å². The van der Waals surface area contributed by atoms with Gasteiger partial charge in [0.15, 0.2) is 11.5 Å². The van der Waals surface area contributed by atoms with Gasteiger partial charge in [0, 0.05) is 17.7 Å². The Hall–Kier alpha value is -4.79. The minimum absolute atomic E-state index is 0.212. The van der Waals surface area contributed by atoms with Gasteiger partial charge in [-0.1, -0.05) is 37.3 Å². The lowest BCUT2D eigenvalue weighted by Crippen LogP contribution is -2.27. The molecule has 1 amide bonds. The van der Waals surface area contributed by atoms with Gasteiger partial charge in [-0.2, -0.15) is 0 Å². The number of carbonyl (C=O) groups is 2. The molecule has 0 unspecified atom stereocenters. The maximum Gasteiger partial charge on any atom is 0.338 e. The van der Waals surface area contributed by atoms with E-state index < -0.39 is 11.9 Å². The summed E-state index contributed by atoms with van der Waals surface area (Å²) >= 11 is 0. The van der Waals surface area contributed by atoms with Crippen molar-refractivity contribution in [3.8, 4) is 23.1 Å². The predicted octanol–water partition coefficient (Wildman–Crippen LogP) is 5.11. The van der Waals surface area contributed by atoms with E-state index in [1.165, 1.54) is 4.68 Å². The van der Waals surface area contributed by atoms with E-state index in [0.29, 0.717) is 52.9 Å². The Morgan fingerprint density at radius 1 is 0.975 bits per heavy atom. The molecule has 0 saturated heterocycles. The summed E-state index contributed by atoms with van der Waals surface area (Å²) in [5.41, 5.74) is 3.54. The van der Waals surface area contributed by atoms with Crippen LogP contribution in [0, 0.1) is 0 Å². The Morgan fingerprint density at radius 2 is 1.75 bits per heavy atom. The normalized spacial score (nSPS) is 11.7. The Bertz CT molecular complexity index is 1620. The first-order valence-corrected chi connectivity index (χ1v) is 13.4. The number of nitrogens with zero attached hydrogens (tertiary/aromatic N) is 2. The highest BCUT2D eigenvalue weighted by Crippen LogP contribution is 2.42. The summed E-state index contributed by atoms with van der Waals surface area (Å²) in [6, 6.07) is 19.8. The molecule has 0 aliphatic carbocycles. The standard InChI is InChI=1S/C31H31N3O6/c1-4-20-13-15-24(16-14-20)34-29(36)25-18-21-9-8-12-26(38-5-2)28(21)40-30(25)33(34)19-27(35)32-23-11-7-10-22(17-23)31(37)39-6-3/h7-17H,4-6,18-19H2,1-3H3,(H,32,35). The van der Waals surface area contributed by atoms with Gasteiger partial charge in [0.25, 0.3) is 5.56 Å². The molecule has 0 radical (unpaired) electrons. The number of fused-ring (bicyclic) bond motifs is 2. The monoisotopic (exact) mass is 541 g/mol. The Kier molecular flexibility index (Phi) is 7.72. The minimum atomic E-state index is -0.473. The van der Waals surface area contributed by atoms with Gasteiger partial charge in [0.1, 0.15) is 6.54 Å². The number of para-hydroxylation sites is 1. The molecule has 3 aromatic carbocycles. The first kappa shape index (κ1) is 26.8. The summed E-state index contributed by atoms with van der Waals surface area (Å²) in [5.74, 6) is 0.529. The van der Waals surface area contributed by atoms with Crippen molar-refractivity contribution in [2.45, 2.75) is 40.2 Å². The molecule has 0 atom stereocenters. The van der Waals surface area contributed by atoms with E-state index in [4.69, 9.17) is 14.2 Å². The van der Waals surface area contributed by atoms with Crippen LogP contribution in [-0.4, -0.2) is 34.5 Å². The van der Waals surface area contributed by atoms with Crippen molar-refractivity contribution in [3.63, 3.8) is 0 Å². The maximum absolute atomic E-state index is 13.8. The lowest BCUT2D eigenvalue weighted by Gasteiger charge is -2.21. The number of hydrogen-bond acceptors (Lipinski definition) is 6. The molecule has 5 rings (SSSR count). The molecule has 0 saturated carbocycles. The number of hydrogen-bond donors (Lipinski definition) is 1. The van der Waals surface area contributed by atoms with Crippen LogP contribution < -0.4 is 20.3 Å². The summed E-state index contributed by atoms with van der Waals surface area (Å²) < 4.78 is 20.2. The number of ether oxygens (including phenoxy) is 3. The van der Waals surface area contributed by atoms with E-state index in [1.807, 2.05) is 49.4 Å². The lowest BCUT2D eigenvalue weighted by molar-refractivity contribution is -0.117. The van der Waals surface area contributed by atoms with Crippen molar-refractivity contribution in [1.82, 2.24) is 9.36 Å². The second-order valence-corrected chi connectivity index (χ2v) is 9.28. The zero-order valence-corrected chi connectivity index (χ0v) is 22.7. The van der Waals surface area contributed by atoms with Crippen molar-refractivity contribution in [2.24, 2.45) is 0 Å². The first-order valence-electron chi connectivity index (χ1n) is 13.4. The van der Waals surface area contributed by atoms with Gasteiger partial charge in [0.05, 0.1) is 30.0 Å². The van der Waals surface area contributed by atoms with E-state index in [1.54, 1.807) is 35.9 Å². The van der Waals surface area contributed by atoms with Crippen LogP contribution in [0.15, 0.2) is 71.5 Å². The lowest BCUT2D eigenvalue weighted by atomic mass is 10.0. The fourth-order valence-electron chi connectivity index (χ4n) is 4.76. The van der Waals surface area contributed by atoms with E-state index >= 15 is 0 Å². The van der Waals surface area contributed by atoms with Crippen LogP contribution in [0.3, 0.4) is 0 Å². The summed E-state index contributed by atoms with van der Waals surface area (Å²) in [5, 5.41) is 2.83. The Balaban J connectivity index is 1.53. The third-order valence-corrected chi connectivity index (χ3v) is 6.65. The average Bonchev–Trinajstić information content (AvgIpc) is 3.22. The third-order valence-electron chi connectivity index (χ3n) is 6.65. The second-order valence-electron chi connectivity index (χ2n) is 9.28. The molecule has 1 aromatic heterocycles. The Morgan fingerprint density at radius 3 is 2.48 bits per heavy atom. The number of rotatable bonds is 9. The van der Waals surface area contributed by atoms with Crippen LogP contribution >= 0.6 is 0 Å². The molecule has 1 aliphatic heterocycles. The fourth-order valence-corrected chi connectivity index (χ4v) is 4.76. The highest BCUT2D eigenvalue weighted by molar-refractivity contribution is 5.94. The SMILES string of the molecule is CCOC(=O)c1cccc(NC(=O)Cn2c3c(c(=O)n2-c2ccc(CC)cc2)Cc2cccc(OCC)c2O3)c1. The Labute approximate surface area is 231 Å². The third kappa shape index (κ3) is 5.22. The van der Waals surface area contributed by atoms with Crippen LogP contribution in [0.2, 0.25) is 0 Å². The topological polar surface area (TPSA) is 101 Å². The number of aryl methyl sites for hydroxylation is 1. The van der Waals surface area contributed by atoms with Crippen LogP contribution in [0.1, 0.15) is 47.8 Å². The summed E-state index contributed by atoms with van der Waals surface area (Å²) in [6.07, 6.45) is 1.20. The quantitative estimate of drug-likeness (QED) is 0.260. The van der Waals surface area contributed by atoms with Gasteiger partial charge in [-0.15, -0.1) is 0 Å². The molecular formula is C31H31N3O6. The number of nitrogens with one attached hydrogen (secondary N) is 1. The molecule has 0 bridgehead atoms. The number of aromatic nitrogens is 2. The number of carbonyl (C=O) groups excluding carboxylic acids is 2. The predicted molar refractivity (Wildman–Crippen MR) is 151 cm³/mol. The highest BCUT2D eigenvalue weighted by Gasteiger charge is 2.31. The molecule has 9 nitrogen and oxygen atoms in total. The van der Waals surface area contributed by atoms with Crippen LogP contribution in [0.5, 0.6) is 17.4 Å². The van der Waals surface area contributed by atoms with Gasteiger partial charge in [0.2, 0.25) is 11.8 Å². The molecule has 206 valence electrons. The average molecular weight is 542 g/mol. The fraction of sp³-hybridized carbons (Fsp3) is 0.258. The molecular weight excluding hydrogens is 510 g/mol. The zero-order valence-electron chi connectivity index (χ0n) is 22.7. The molecule has 2 heterocycles. The van der Waals surface area contributed by atoms with Crippen LogP contribution in [0.4, 0.5) is 5.69 Å². The molecule has 9 heteroatoms. The van der Waals surface area contributed by atoms with Crippen LogP contribution in [0.25, 0.3) is 5.69 Å². The van der Waals surface area contributed by atoms with Gasteiger partial charge < -0.3 is 19.5 Å². The van der Waals surface area contributed by atoms with Crippen molar-refractivity contribution >= 4 is 17.6 Å². The number of benzene rings is 3. The minimum Gasteiger partial charge on any atom is -0.490 e.